The van der Waals surface area contributed by atoms with E-state index in [0.29, 0.717) is 12.5 Å². The van der Waals surface area contributed by atoms with E-state index in [4.69, 9.17) is 5.11 Å². The van der Waals surface area contributed by atoms with Gasteiger partial charge >= 0.3 is 0 Å². The molecule has 0 aromatic heterocycles. The van der Waals surface area contributed by atoms with Gasteiger partial charge in [-0.2, -0.15) is 0 Å². The molecule has 4 nitrogen and oxygen atoms in total. The molecular weight excluding hydrogens is 222 g/mol. The maximum Gasteiger partial charge on any atom is 0.197 e. The minimum Gasteiger partial charge on any atom is -0.395 e. The van der Waals surface area contributed by atoms with Gasteiger partial charge in [-0.05, 0) is 13.0 Å². The molecule has 68 valence electrons. The fourth-order valence-corrected chi connectivity index (χ4v) is 1.14. The van der Waals surface area contributed by atoms with Crippen molar-refractivity contribution in [3.8, 4) is 0 Å². The van der Waals surface area contributed by atoms with Gasteiger partial charge in [-0.1, -0.05) is 15.9 Å². The van der Waals surface area contributed by atoms with Crippen LogP contribution in [0.25, 0.3) is 0 Å². The highest BCUT2D eigenvalue weighted by molar-refractivity contribution is 9.10. The van der Waals surface area contributed by atoms with Crippen molar-refractivity contribution >= 4 is 21.9 Å². The van der Waals surface area contributed by atoms with Crippen molar-refractivity contribution in [3.05, 3.63) is 12.3 Å². The first kappa shape index (κ1) is 9.54. The number of rotatable bonds is 2. The van der Waals surface area contributed by atoms with Crippen molar-refractivity contribution < 1.29 is 5.11 Å². The summed E-state index contributed by atoms with van der Waals surface area (Å²) in [5.74, 6) is 0.672. The Morgan fingerprint density at radius 2 is 2.58 bits per heavy atom. The molecule has 1 rings (SSSR count). The Balaban J connectivity index is 2.50. The lowest BCUT2D eigenvalue weighted by atomic mass is 10.3. The van der Waals surface area contributed by atoms with E-state index in [1.54, 1.807) is 0 Å². The summed E-state index contributed by atoms with van der Waals surface area (Å²) in [6.45, 7) is 2.54. The van der Waals surface area contributed by atoms with Crippen molar-refractivity contribution in [3.63, 3.8) is 0 Å². The van der Waals surface area contributed by atoms with Gasteiger partial charge in [-0.15, -0.1) is 0 Å². The Morgan fingerprint density at radius 3 is 3.17 bits per heavy atom. The molecule has 0 aromatic carbocycles. The molecule has 0 bridgehead atoms. The van der Waals surface area contributed by atoms with E-state index in [1.165, 1.54) is 0 Å². The number of alkyl halides is 1. The van der Waals surface area contributed by atoms with Gasteiger partial charge in [0.1, 0.15) is 4.45 Å². The second-order valence-corrected chi connectivity index (χ2v) is 4.22. The van der Waals surface area contributed by atoms with Crippen molar-refractivity contribution in [1.82, 2.24) is 10.6 Å². The van der Waals surface area contributed by atoms with E-state index >= 15 is 0 Å². The molecule has 0 aliphatic carbocycles. The van der Waals surface area contributed by atoms with Crippen LogP contribution in [0.3, 0.4) is 0 Å². The van der Waals surface area contributed by atoms with Crippen molar-refractivity contribution in [2.75, 3.05) is 13.2 Å². The molecule has 1 atom stereocenters. The minimum absolute atomic E-state index is 0.101. The molecule has 0 amide bonds. The zero-order valence-corrected chi connectivity index (χ0v) is 8.43. The maximum atomic E-state index is 8.55. The van der Waals surface area contributed by atoms with E-state index in [0.717, 1.165) is 0 Å². The Labute approximate surface area is 79.9 Å². The summed E-state index contributed by atoms with van der Waals surface area (Å²) in [4.78, 5) is 4.26. The number of aliphatic hydroxyl groups is 1. The number of hydrogen-bond donors (Lipinski definition) is 3. The molecule has 1 aliphatic rings. The van der Waals surface area contributed by atoms with E-state index in [-0.39, 0.29) is 11.1 Å². The molecule has 0 saturated heterocycles. The summed E-state index contributed by atoms with van der Waals surface area (Å²) in [5, 5.41) is 14.4. The molecule has 1 unspecified atom stereocenters. The van der Waals surface area contributed by atoms with Gasteiger partial charge in [-0.3, -0.25) is 0 Å². The molecule has 0 radical (unpaired) electrons. The number of nitrogens with one attached hydrogen (secondary N) is 2. The van der Waals surface area contributed by atoms with E-state index in [2.05, 4.69) is 31.6 Å². The van der Waals surface area contributed by atoms with Crippen LogP contribution in [0.2, 0.25) is 0 Å². The molecule has 0 aromatic rings. The van der Waals surface area contributed by atoms with Crippen molar-refractivity contribution in [2.45, 2.75) is 11.4 Å². The average molecular weight is 234 g/mol. The predicted octanol–water partition coefficient (Wildman–Crippen LogP) is 0.152. The van der Waals surface area contributed by atoms with E-state index < -0.39 is 0 Å². The Hall–Kier alpha value is -0.550. The van der Waals surface area contributed by atoms with Crippen LogP contribution in [0.5, 0.6) is 0 Å². The number of guanidine groups is 1. The molecule has 12 heavy (non-hydrogen) atoms. The largest absolute Gasteiger partial charge is 0.395 e. The van der Waals surface area contributed by atoms with Gasteiger partial charge in [0.05, 0.1) is 6.61 Å². The number of halogens is 1. The molecule has 3 N–H and O–H groups in total. The summed E-state index contributed by atoms with van der Waals surface area (Å²) in [6.07, 6.45) is 3.71. The summed E-state index contributed by atoms with van der Waals surface area (Å²) in [7, 11) is 0. The summed E-state index contributed by atoms with van der Waals surface area (Å²) >= 11 is 3.41. The molecule has 1 heterocycles. The highest BCUT2D eigenvalue weighted by Gasteiger charge is 2.18. The Morgan fingerprint density at radius 1 is 1.83 bits per heavy atom. The van der Waals surface area contributed by atoms with Crippen LogP contribution >= 0.6 is 15.9 Å². The lowest BCUT2D eigenvalue weighted by Crippen LogP contribution is -2.40. The van der Waals surface area contributed by atoms with Crippen molar-refractivity contribution in [1.29, 1.82) is 0 Å². The smallest absolute Gasteiger partial charge is 0.197 e. The van der Waals surface area contributed by atoms with Crippen LogP contribution in [-0.4, -0.2) is 28.7 Å². The maximum absolute atomic E-state index is 8.55. The molecule has 5 heteroatoms. The SMILES string of the molecule is CC1(Br)C=CNC(NCCO)=N1. The monoisotopic (exact) mass is 233 g/mol. The third-order valence-corrected chi connectivity index (χ3v) is 1.78. The summed E-state index contributed by atoms with van der Waals surface area (Å²) < 4.78 is -0.337. The number of nitrogens with zero attached hydrogens (tertiary/aromatic N) is 1. The highest BCUT2D eigenvalue weighted by atomic mass is 79.9. The first-order valence-electron chi connectivity index (χ1n) is 3.72. The summed E-state index contributed by atoms with van der Waals surface area (Å²) in [6, 6.07) is 0. The number of hydrogen-bond acceptors (Lipinski definition) is 4. The second kappa shape index (κ2) is 3.91. The molecule has 0 fully saturated rings. The first-order chi connectivity index (χ1) is 5.64. The van der Waals surface area contributed by atoms with Crippen LogP contribution < -0.4 is 10.6 Å². The number of aliphatic hydroxyl groups excluding tert-OH is 1. The third-order valence-electron chi connectivity index (χ3n) is 1.34. The van der Waals surface area contributed by atoms with E-state index in [9.17, 15) is 0 Å². The Kier molecular flexibility index (Phi) is 3.11. The molecule has 0 saturated carbocycles. The molecule has 0 spiro atoms. The normalized spacial score (nSPS) is 27.8. The van der Waals surface area contributed by atoms with Gasteiger partial charge in [0.25, 0.3) is 0 Å². The zero-order valence-electron chi connectivity index (χ0n) is 6.84. The van der Waals surface area contributed by atoms with Gasteiger partial charge < -0.3 is 15.7 Å². The quantitative estimate of drug-likeness (QED) is 0.471. The molecular formula is C7H12BrN3O. The van der Waals surface area contributed by atoms with Crippen molar-refractivity contribution in [2.24, 2.45) is 4.99 Å². The average Bonchev–Trinajstić information content (AvgIpc) is 1.99. The topological polar surface area (TPSA) is 56.6 Å². The fraction of sp³-hybridized carbons (Fsp3) is 0.571. The predicted molar refractivity (Wildman–Crippen MR) is 52.1 cm³/mol. The minimum atomic E-state index is -0.337. The fourth-order valence-electron chi connectivity index (χ4n) is 0.826. The third kappa shape index (κ3) is 2.83. The van der Waals surface area contributed by atoms with Crippen LogP contribution in [0, 0.1) is 0 Å². The van der Waals surface area contributed by atoms with Gasteiger partial charge in [0.2, 0.25) is 0 Å². The lowest BCUT2D eigenvalue weighted by Gasteiger charge is -2.20. The zero-order chi connectivity index (χ0) is 9.03. The second-order valence-electron chi connectivity index (χ2n) is 2.61. The van der Waals surface area contributed by atoms with Gasteiger partial charge in [0, 0.05) is 12.7 Å². The molecule has 1 aliphatic heterocycles. The van der Waals surface area contributed by atoms with Gasteiger partial charge in [0.15, 0.2) is 5.96 Å². The van der Waals surface area contributed by atoms with Crippen LogP contribution in [0.1, 0.15) is 6.92 Å². The lowest BCUT2D eigenvalue weighted by molar-refractivity contribution is 0.300. The first-order valence-corrected chi connectivity index (χ1v) is 4.51. The van der Waals surface area contributed by atoms with Gasteiger partial charge in [-0.25, -0.2) is 4.99 Å². The number of aliphatic imine (C=N–C) groups is 1. The highest BCUT2D eigenvalue weighted by Crippen LogP contribution is 2.21. The van der Waals surface area contributed by atoms with Crippen LogP contribution in [0.4, 0.5) is 0 Å². The van der Waals surface area contributed by atoms with E-state index in [1.807, 2.05) is 19.2 Å². The standard InChI is InChI=1S/C7H12BrN3O/c1-7(8)2-3-9-6(11-7)10-4-5-12/h2-3,12H,4-5H2,1H3,(H2,9,10,11). The van der Waals surface area contributed by atoms with Crippen LogP contribution in [0.15, 0.2) is 17.3 Å². The Bertz CT molecular complexity index is 213. The summed E-state index contributed by atoms with van der Waals surface area (Å²) in [5.41, 5.74) is 0. The van der Waals surface area contributed by atoms with Crippen LogP contribution in [-0.2, 0) is 0 Å².